The first-order chi connectivity index (χ1) is 11.4. The number of pyridine rings is 1. The Labute approximate surface area is 142 Å². The molecule has 1 saturated heterocycles. The van der Waals surface area contributed by atoms with Gasteiger partial charge in [-0.2, -0.15) is 11.8 Å². The summed E-state index contributed by atoms with van der Waals surface area (Å²) in [7, 11) is 0. The standard InChI is InChI=1S/C19H25N3S/c1-2-8-17-15(7-1)19(16-13-23-14-18(16)21-17)20-9-3-4-10-22-11-5-6-12-22/h1-2,7-8H,3-6,9-14H2,(H,20,21). The number of unbranched alkanes of at least 4 members (excludes halogenated alkanes) is 1. The van der Waals surface area contributed by atoms with Gasteiger partial charge >= 0.3 is 0 Å². The van der Waals surface area contributed by atoms with E-state index in [2.05, 4.69) is 34.5 Å². The summed E-state index contributed by atoms with van der Waals surface area (Å²) in [6.45, 7) is 4.96. The summed E-state index contributed by atoms with van der Waals surface area (Å²) in [5, 5.41) is 5.03. The maximum absolute atomic E-state index is 4.85. The van der Waals surface area contributed by atoms with Crippen molar-refractivity contribution in [2.45, 2.75) is 37.2 Å². The Morgan fingerprint density at radius 3 is 2.87 bits per heavy atom. The average Bonchev–Trinajstić information content (AvgIpc) is 3.24. The van der Waals surface area contributed by atoms with Crippen LogP contribution in [-0.4, -0.2) is 36.1 Å². The molecule has 0 spiro atoms. The van der Waals surface area contributed by atoms with E-state index in [0.717, 1.165) is 23.6 Å². The second-order valence-corrected chi connectivity index (χ2v) is 7.59. The fourth-order valence-corrected chi connectivity index (χ4v) is 4.76. The van der Waals surface area contributed by atoms with Crippen molar-refractivity contribution in [3.05, 3.63) is 35.5 Å². The monoisotopic (exact) mass is 327 g/mol. The van der Waals surface area contributed by atoms with Crippen molar-refractivity contribution in [2.24, 2.45) is 0 Å². The van der Waals surface area contributed by atoms with Gasteiger partial charge in [0.1, 0.15) is 0 Å². The highest BCUT2D eigenvalue weighted by atomic mass is 32.2. The van der Waals surface area contributed by atoms with Gasteiger partial charge in [-0.3, -0.25) is 4.98 Å². The Kier molecular flexibility index (Phi) is 4.72. The quantitative estimate of drug-likeness (QED) is 0.802. The SMILES string of the molecule is c1ccc2c(NCCCCN3CCCC3)c3c(nc2c1)CSC3. The van der Waals surface area contributed by atoms with E-state index in [0.29, 0.717) is 0 Å². The van der Waals surface area contributed by atoms with Crippen molar-refractivity contribution in [2.75, 3.05) is 31.5 Å². The maximum atomic E-state index is 4.85. The number of hydrogen-bond donors (Lipinski definition) is 1. The molecule has 0 bridgehead atoms. The lowest BCUT2D eigenvalue weighted by atomic mass is 10.1. The van der Waals surface area contributed by atoms with Gasteiger partial charge in [0, 0.05) is 34.7 Å². The Balaban J connectivity index is 1.41. The molecule has 0 radical (unpaired) electrons. The van der Waals surface area contributed by atoms with E-state index >= 15 is 0 Å². The van der Waals surface area contributed by atoms with Crippen LogP contribution in [0.3, 0.4) is 0 Å². The predicted octanol–water partition coefficient (Wildman–Crippen LogP) is 4.27. The predicted molar refractivity (Wildman–Crippen MR) is 100 cm³/mol. The number of thioether (sulfide) groups is 1. The minimum atomic E-state index is 1.06. The normalized spacial score (nSPS) is 17.7. The van der Waals surface area contributed by atoms with E-state index in [4.69, 9.17) is 4.98 Å². The van der Waals surface area contributed by atoms with Crippen molar-refractivity contribution >= 4 is 28.4 Å². The average molecular weight is 327 g/mol. The van der Waals surface area contributed by atoms with E-state index in [1.165, 1.54) is 67.6 Å². The molecule has 4 heteroatoms. The molecule has 2 aromatic rings. The molecule has 2 aliphatic heterocycles. The Morgan fingerprint density at radius 2 is 1.96 bits per heavy atom. The van der Waals surface area contributed by atoms with Crippen molar-refractivity contribution < 1.29 is 0 Å². The molecule has 2 aliphatic rings. The first kappa shape index (κ1) is 15.3. The lowest BCUT2D eigenvalue weighted by Gasteiger charge is -2.16. The Morgan fingerprint density at radius 1 is 1.09 bits per heavy atom. The van der Waals surface area contributed by atoms with Crippen molar-refractivity contribution in [3.8, 4) is 0 Å². The topological polar surface area (TPSA) is 28.2 Å². The van der Waals surface area contributed by atoms with Gasteiger partial charge in [0.05, 0.1) is 11.2 Å². The fourth-order valence-electron chi connectivity index (χ4n) is 3.71. The number of aromatic nitrogens is 1. The van der Waals surface area contributed by atoms with Crippen LogP contribution in [0.1, 0.15) is 36.9 Å². The zero-order valence-electron chi connectivity index (χ0n) is 13.7. The Hall–Kier alpha value is -1.26. The van der Waals surface area contributed by atoms with Gasteiger partial charge in [-0.05, 0) is 51.4 Å². The first-order valence-electron chi connectivity index (χ1n) is 8.86. The van der Waals surface area contributed by atoms with E-state index in [1.807, 2.05) is 11.8 Å². The van der Waals surface area contributed by atoms with Crippen LogP contribution < -0.4 is 5.32 Å². The summed E-state index contributed by atoms with van der Waals surface area (Å²) in [5.74, 6) is 2.16. The minimum Gasteiger partial charge on any atom is -0.384 e. The second kappa shape index (κ2) is 7.10. The van der Waals surface area contributed by atoms with Crippen LogP contribution in [0.2, 0.25) is 0 Å². The van der Waals surface area contributed by atoms with Gasteiger partial charge in [0.2, 0.25) is 0 Å². The molecule has 3 heterocycles. The van der Waals surface area contributed by atoms with E-state index in [-0.39, 0.29) is 0 Å². The smallest absolute Gasteiger partial charge is 0.0726 e. The van der Waals surface area contributed by atoms with Crippen LogP contribution in [0.5, 0.6) is 0 Å². The van der Waals surface area contributed by atoms with E-state index in [9.17, 15) is 0 Å². The number of nitrogens with one attached hydrogen (secondary N) is 1. The number of para-hydroxylation sites is 1. The lowest BCUT2D eigenvalue weighted by Crippen LogP contribution is -2.21. The highest BCUT2D eigenvalue weighted by Gasteiger charge is 2.19. The zero-order valence-corrected chi connectivity index (χ0v) is 14.5. The van der Waals surface area contributed by atoms with Crippen molar-refractivity contribution in [1.29, 1.82) is 0 Å². The number of fused-ring (bicyclic) bond motifs is 2. The van der Waals surface area contributed by atoms with Crippen LogP contribution in [0, 0.1) is 0 Å². The molecule has 0 atom stereocenters. The number of hydrogen-bond acceptors (Lipinski definition) is 4. The minimum absolute atomic E-state index is 1.06. The van der Waals surface area contributed by atoms with Gasteiger partial charge in [0.25, 0.3) is 0 Å². The third-order valence-corrected chi connectivity index (χ3v) is 5.94. The molecule has 3 nitrogen and oxygen atoms in total. The lowest BCUT2D eigenvalue weighted by molar-refractivity contribution is 0.331. The summed E-state index contributed by atoms with van der Waals surface area (Å²) in [4.78, 5) is 7.45. The van der Waals surface area contributed by atoms with Gasteiger partial charge < -0.3 is 10.2 Å². The van der Waals surface area contributed by atoms with Crippen LogP contribution in [0.15, 0.2) is 24.3 Å². The summed E-state index contributed by atoms with van der Waals surface area (Å²) in [5.41, 5.74) is 5.20. The summed E-state index contributed by atoms with van der Waals surface area (Å²) in [6, 6.07) is 8.55. The molecule has 4 rings (SSSR count). The third-order valence-electron chi connectivity index (χ3n) is 4.97. The molecular weight excluding hydrogens is 302 g/mol. The van der Waals surface area contributed by atoms with Gasteiger partial charge in [-0.1, -0.05) is 18.2 Å². The Bertz CT molecular complexity index is 680. The van der Waals surface area contributed by atoms with Gasteiger partial charge in [0.15, 0.2) is 0 Å². The molecule has 0 saturated carbocycles. The van der Waals surface area contributed by atoms with Gasteiger partial charge in [-0.25, -0.2) is 0 Å². The zero-order chi connectivity index (χ0) is 15.5. The third kappa shape index (κ3) is 3.33. The second-order valence-electron chi connectivity index (χ2n) is 6.60. The number of likely N-dealkylation sites (tertiary alicyclic amines) is 1. The molecule has 1 aromatic carbocycles. The molecular formula is C19H25N3S. The maximum Gasteiger partial charge on any atom is 0.0726 e. The number of benzene rings is 1. The molecule has 1 aromatic heterocycles. The van der Waals surface area contributed by atoms with Crippen LogP contribution >= 0.6 is 11.8 Å². The van der Waals surface area contributed by atoms with Crippen LogP contribution in [0.4, 0.5) is 5.69 Å². The molecule has 122 valence electrons. The number of nitrogens with zero attached hydrogens (tertiary/aromatic N) is 2. The largest absolute Gasteiger partial charge is 0.384 e. The fraction of sp³-hybridized carbons (Fsp3) is 0.526. The molecule has 1 N–H and O–H groups in total. The number of rotatable bonds is 6. The highest BCUT2D eigenvalue weighted by molar-refractivity contribution is 7.98. The molecule has 0 unspecified atom stereocenters. The van der Waals surface area contributed by atoms with Crippen LogP contribution in [0.25, 0.3) is 10.9 Å². The summed E-state index contributed by atoms with van der Waals surface area (Å²) < 4.78 is 0. The van der Waals surface area contributed by atoms with Crippen LogP contribution in [-0.2, 0) is 11.5 Å². The van der Waals surface area contributed by atoms with E-state index < -0.39 is 0 Å². The molecule has 1 fully saturated rings. The summed E-state index contributed by atoms with van der Waals surface area (Å²) in [6.07, 6.45) is 5.33. The molecule has 0 amide bonds. The van der Waals surface area contributed by atoms with E-state index in [1.54, 1.807) is 0 Å². The summed E-state index contributed by atoms with van der Waals surface area (Å²) >= 11 is 1.98. The van der Waals surface area contributed by atoms with Crippen molar-refractivity contribution in [1.82, 2.24) is 9.88 Å². The van der Waals surface area contributed by atoms with Crippen molar-refractivity contribution in [3.63, 3.8) is 0 Å². The first-order valence-corrected chi connectivity index (χ1v) is 10.0. The molecule has 0 aliphatic carbocycles. The molecule has 23 heavy (non-hydrogen) atoms. The highest BCUT2D eigenvalue weighted by Crippen LogP contribution is 2.38. The number of anilines is 1. The van der Waals surface area contributed by atoms with Gasteiger partial charge in [-0.15, -0.1) is 0 Å².